The molecule has 2 rings (SSSR count). The molecule has 0 N–H and O–H groups in total. The number of carbonyl (C=O) groups is 1. The first-order valence-electron chi connectivity index (χ1n) is 5.82. The number of aromatic carboxylic acids is 1. The normalized spacial score (nSPS) is 10.1. The van der Waals surface area contributed by atoms with Crippen LogP contribution in [-0.4, -0.2) is 5.97 Å². The van der Waals surface area contributed by atoms with Crippen molar-refractivity contribution in [3.05, 3.63) is 66.1 Å². The first-order valence-corrected chi connectivity index (χ1v) is 5.82. The molecule has 0 bridgehead atoms. The van der Waals surface area contributed by atoms with Crippen molar-refractivity contribution in [2.75, 3.05) is 0 Å². The first-order chi connectivity index (χ1) is 9.20. The summed E-state index contributed by atoms with van der Waals surface area (Å²) in [6.45, 7) is 3.86. The third-order valence-corrected chi connectivity index (χ3v) is 2.57. The highest BCUT2D eigenvalue weighted by atomic mass is 16.5. The Hall–Kier alpha value is -2.49. The second-order valence-corrected chi connectivity index (χ2v) is 3.94. The number of benzene rings is 1. The predicted molar refractivity (Wildman–Crippen MR) is 67.7 cm³/mol. The number of allylic oxidation sites excluding steroid dienone is 1. The molecule has 1 heterocycles. The van der Waals surface area contributed by atoms with Crippen molar-refractivity contribution in [3.8, 4) is 5.75 Å². The Balaban J connectivity index is 2.05. The Kier molecular flexibility index (Phi) is 4.03. The average molecular weight is 257 g/mol. The van der Waals surface area contributed by atoms with E-state index in [0.29, 0.717) is 12.2 Å². The van der Waals surface area contributed by atoms with Crippen LogP contribution in [0.5, 0.6) is 5.75 Å². The van der Waals surface area contributed by atoms with Crippen LogP contribution in [0.4, 0.5) is 0 Å². The van der Waals surface area contributed by atoms with Crippen molar-refractivity contribution in [3.63, 3.8) is 0 Å². The van der Waals surface area contributed by atoms with Crippen molar-refractivity contribution in [2.24, 2.45) is 0 Å². The molecule has 19 heavy (non-hydrogen) atoms. The lowest BCUT2D eigenvalue weighted by atomic mass is 10.1. The van der Waals surface area contributed by atoms with Crippen LogP contribution in [0.1, 0.15) is 21.9 Å². The number of ether oxygens (including phenoxy) is 1. The fourth-order valence-electron chi connectivity index (χ4n) is 1.68. The molecule has 0 aliphatic carbocycles. The van der Waals surface area contributed by atoms with Crippen LogP contribution in [0.25, 0.3) is 0 Å². The Labute approximate surface area is 110 Å². The van der Waals surface area contributed by atoms with E-state index < -0.39 is 5.97 Å². The Morgan fingerprint density at radius 2 is 2.11 bits per heavy atom. The maximum absolute atomic E-state index is 10.6. The third kappa shape index (κ3) is 3.25. The van der Waals surface area contributed by atoms with E-state index in [1.807, 2.05) is 24.3 Å². The van der Waals surface area contributed by atoms with Gasteiger partial charge < -0.3 is 19.1 Å². The summed E-state index contributed by atoms with van der Waals surface area (Å²) in [6.07, 6.45) is 2.50. The highest BCUT2D eigenvalue weighted by Gasteiger charge is 2.05. The quantitative estimate of drug-likeness (QED) is 0.742. The van der Waals surface area contributed by atoms with Crippen LogP contribution in [-0.2, 0) is 13.0 Å². The number of carboxylic acid groups (broad SMARTS) is 1. The zero-order chi connectivity index (χ0) is 13.7. The van der Waals surface area contributed by atoms with Crippen LogP contribution in [0, 0.1) is 0 Å². The number of furan rings is 1. The fourth-order valence-corrected chi connectivity index (χ4v) is 1.68. The lowest BCUT2D eigenvalue weighted by Crippen LogP contribution is -2.21. The minimum Gasteiger partial charge on any atom is -0.542 e. The zero-order valence-electron chi connectivity index (χ0n) is 10.3. The summed E-state index contributed by atoms with van der Waals surface area (Å²) in [5, 5.41) is 10.6. The molecular formula is C15H13O4-. The number of rotatable bonds is 6. The van der Waals surface area contributed by atoms with Gasteiger partial charge in [0.1, 0.15) is 29.8 Å². The highest BCUT2D eigenvalue weighted by molar-refractivity contribution is 5.82. The topological polar surface area (TPSA) is 62.5 Å². The van der Waals surface area contributed by atoms with E-state index in [0.717, 1.165) is 11.3 Å². The fraction of sp³-hybridized carbons (Fsp3) is 0.133. The number of carbonyl (C=O) groups excluding carboxylic acids is 1. The van der Waals surface area contributed by atoms with Crippen molar-refractivity contribution >= 4 is 5.97 Å². The van der Waals surface area contributed by atoms with E-state index in [2.05, 4.69) is 6.58 Å². The summed E-state index contributed by atoms with van der Waals surface area (Å²) < 4.78 is 10.7. The van der Waals surface area contributed by atoms with Gasteiger partial charge in [0, 0.05) is 0 Å². The van der Waals surface area contributed by atoms with Crippen LogP contribution < -0.4 is 9.84 Å². The molecule has 0 saturated carbocycles. The molecular weight excluding hydrogens is 244 g/mol. The van der Waals surface area contributed by atoms with Crippen LogP contribution in [0.3, 0.4) is 0 Å². The summed E-state index contributed by atoms with van der Waals surface area (Å²) in [6, 6.07) is 10.5. The SMILES string of the molecule is C=CCc1ccccc1OCc1ccc(C(=O)[O-])o1. The average Bonchev–Trinajstić information content (AvgIpc) is 2.87. The van der Waals surface area contributed by atoms with Gasteiger partial charge in [0.2, 0.25) is 0 Å². The molecule has 0 spiro atoms. The number of hydrogen-bond donors (Lipinski definition) is 0. The summed E-state index contributed by atoms with van der Waals surface area (Å²) >= 11 is 0. The molecule has 0 radical (unpaired) electrons. The zero-order valence-corrected chi connectivity index (χ0v) is 10.3. The van der Waals surface area contributed by atoms with Gasteiger partial charge in [0.15, 0.2) is 0 Å². The van der Waals surface area contributed by atoms with Crippen LogP contribution in [0.2, 0.25) is 0 Å². The van der Waals surface area contributed by atoms with E-state index >= 15 is 0 Å². The molecule has 4 heteroatoms. The predicted octanol–water partition coefficient (Wildman–Crippen LogP) is 1.95. The smallest absolute Gasteiger partial charge is 0.149 e. The maximum Gasteiger partial charge on any atom is 0.149 e. The van der Waals surface area contributed by atoms with Crippen LogP contribution in [0.15, 0.2) is 53.5 Å². The molecule has 0 amide bonds. The van der Waals surface area contributed by atoms with Crippen LogP contribution >= 0.6 is 0 Å². The molecule has 0 aliphatic rings. The standard InChI is InChI=1S/C15H14O4/c1-2-5-11-6-3-4-7-13(11)18-10-12-8-9-14(19-12)15(16)17/h2-4,6-9H,1,5,10H2,(H,16,17)/p-1. The summed E-state index contributed by atoms with van der Waals surface area (Å²) in [4.78, 5) is 10.6. The highest BCUT2D eigenvalue weighted by Crippen LogP contribution is 2.20. The summed E-state index contributed by atoms with van der Waals surface area (Å²) in [7, 11) is 0. The molecule has 0 unspecified atom stereocenters. The lowest BCUT2D eigenvalue weighted by molar-refractivity contribution is -0.257. The second-order valence-electron chi connectivity index (χ2n) is 3.94. The Morgan fingerprint density at radius 3 is 2.79 bits per heavy atom. The molecule has 0 aliphatic heterocycles. The van der Waals surface area contributed by atoms with Gasteiger partial charge in [-0.25, -0.2) is 0 Å². The number of carboxylic acids is 1. The van der Waals surface area contributed by atoms with Crippen molar-refractivity contribution in [1.82, 2.24) is 0 Å². The van der Waals surface area contributed by atoms with Crippen molar-refractivity contribution in [1.29, 1.82) is 0 Å². The molecule has 0 atom stereocenters. The van der Waals surface area contributed by atoms with Gasteiger partial charge in [-0.15, -0.1) is 6.58 Å². The van der Waals surface area contributed by atoms with Gasteiger partial charge in [-0.3, -0.25) is 0 Å². The number of hydrogen-bond acceptors (Lipinski definition) is 4. The van der Waals surface area contributed by atoms with Crippen molar-refractivity contribution < 1.29 is 19.1 Å². The molecule has 4 nitrogen and oxygen atoms in total. The monoisotopic (exact) mass is 257 g/mol. The molecule has 2 aromatic rings. The van der Waals surface area contributed by atoms with Gasteiger partial charge in [-0.1, -0.05) is 24.3 Å². The summed E-state index contributed by atoms with van der Waals surface area (Å²) in [5.41, 5.74) is 1.02. The van der Waals surface area contributed by atoms with E-state index in [1.54, 1.807) is 12.1 Å². The minimum atomic E-state index is -1.33. The molecule has 98 valence electrons. The van der Waals surface area contributed by atoms with Gasteiger partial charge in [-0.05, 0) is 30.2 Å². The number of para-hydroxylation sites is 1. The van der Waals surface area contributed by atoms with Gasteiger partial charge >= 0.3 is 0 Å². The second kappa shape index (κ2) is 5.91. The maximum atomic E-state index is 10.6. The molecule has 1 aromatic heterocycles. The van der Waals surface area contributed by atoms with Crippen molar-refractivity contribution in [2.45, 2.75) is 13.0 Å². The van der Waals surface area contributed by atoms with Gasteiger partial charge in [-0.2, -0.15) is 0 Å². The Bertz CT molecular complexity index is 583. The van der Waals surface area contributed by atoms with Gasteiger partial charge in [0.25, 0.3) is 0 Å². The third-order valence-electron chi connectivity index (χ3n) is 2.57. The lowest BCUT2D eigenvalue weighted by Gasteiger charge is -2.08. The van der Waals surface area contributed by atoms with E-state index in [1.165, 1.54) is 6.07 Å². The first kappa shape index (κ1) is 13.0. The van der Waals surface area contributed by atoms with E-state index in [-0.39, 0.29) is 12.4 Å². The van der Waals surface area contributed by atoms with E-state index in [9.17, 15) is 9.90 Å². The largest absolute Gasteiger partial charge is 0.542 e. The minimum absolute atomic E-state index is 0.168. The van der Waals surface area contributed by atoms with Gasteiger partial charge in [0.05, 0.1) is 0 Å². The molecule has 0 fully saturated rings. The van der Waals surface area contributed by atoms with E-state index in [4.69, 9.17) is 9.15 Å². The Morgan fingerprint density at radius 1 is 1.32 bits per heavy atom. The summed E-state index contributed by atoms with van der Waals surface area (Å²) in [5.74, 6) is -0.363. The molecule has 1 aromatic carbocycles. The molecule has 0 saturated heterocycles.